The Kier molecular flexibility index (Phi) is 10.7. The SMILES string of the molecule is CCCc1cccc([Si]C(c2ccccc2)(c2ccccc2)n2ccnc2)c1.c1ccc(B(c2ccccc2)c2ccccc2)cc1. The third-order valence-electron chi connectivity index (χ3n) is 8.46. The fraction of sp³-hybridized carbons (Fsp3) is 0.0930. The molecule has 6 aromatic carbocycles. The average Bonchev–Trinajstić information content (AvgIpc) is 3.69. The first-order valence-corrected chi connectivity index (χ1v) is 17.4. The average molecular weight is 623 g/mol. The van der Waals surface area contributed by atoms with Gasteiger partial charge >= 0.3 is 0 Å². The molecule has 0 unspecified atom stereocenters. The molecule has 0 atom stereocenters. The van der Waals surface area contributed by atoms with Gasteiger partial charge in [-0.25, -0.2) is 4.98 Å². The van der Waals surface area contributed by atoms with Crippen LogP contribution in [0.2, 0.25) is 0 Å². The molecule has 2 radical (unpaired) electrons. The molecular weight excluding hydrogens is 583 g/mol. The van der Waals surface area contributed by atoms with E-state index in [1.54, 1.807) is 0 Å². The van der Waals surface area contributed by atoms with Gasteiger partial charge in [0.25, 0.3) is 0 Å². The monoisotopic (exact) mass is 622 g/mol. The molecule has 2 nitrogen and oxygen atoms in total. The first kappa shape index (κ1) is 31.8. The van der Waals surface area contributed by atoms with E-state index in [9.17, 15) is 0 Å². The number of aryl methyl sites for hydroxylation is 1. The Morgan fingerprint density at radius 2 is 1.04 bits per heavy atom. The van der Waals surface area contributed by atoms with Crippen LogP contribution in [0.5, 0.6) is 0 Å². The summed E-state index contributed by atoms with van der Waals surface area (Å²) in [6.07, 6.45) is 8.19. The Morgan fingerprint density at radius 3 is 1.47 bits per heavy atom. The van der Waals surface area contributed by atoms with Crippen molar-refractivity contribution in [3.63, 3.8) is 0 Å². The van der Waals surface area contributed by atoms with E-state index >= 15 is 0 Å². The van der Waals surface area contributed by atoms with Gasteiger partial charge in [0.15, 0.2) is 0 Å². The second kappa shape index (κ2) is 15.9. The van der Waals surface area contributed by atoms with Crippen LogP contribution >= 0.6 is 0 Å². The van der Waals surface area contributed by atoms with Gasteiger partial charge in [-0.2, -0.15) is 0 Å². The Morgan fingerprint density at radius 1 is 0.574 bits per heavy atom. The molecule has 228 valence electrons. The van der Waals surface area contributed by atoms with Crippen LogP contribution in [0.3, 0.4) is 0 Å². The van der Waals surface area contributed by atoms with Crippen LogP contribution in [0.1, 0.15) is 30.0 Å². The maximum Gasteiger partial charge on any atom is 0.241 e. The van der Waals surface area contributed by atoms with Crippen LogP contribution < -0.4 is 21.6 Å². The standard InChI is InChI=1S/C25H24N2Si.C18H15B/c1-2-10-21-11-9-16-24(19-21)28-25(27-18-17-26-20-27,22-12-5-3-6-13-22)23-14-7-4-8-15-23;1-4-10-16(11-5-1)19(17-12-6-2-7-13-17)18-14-8-3-9-15-18/h3-9,11-20H,2,10H2,1H3;1-15H. The second-order valence-corrected chi connectivity index (χ2v) is 13.2. The molecule has 0 aliphatic rings. The van der Waals surface area contributed by atoms with Gasteiger partial charge < -0.3 is 4.57 Å². The highest BCUT2D eigenvalue weighted by Crippen LogP contribution is 2.33. The highest BCUT2D eigenvalue weighted by Gasteiger charge is 2.37. The summed E-state index contributed by atoms with van der Waals surface area (Å²) in [6.45, 7) is 2.54. The lowest BCUT2D eigenvalue weighted by Crippen LogP contribution is -2.51. The number of benzene rings is 6. The van der Waals surface area contributed by atoms with Crippen LogP contribution in [0.4, 0.5) is 0 Å². The zero-order valence-electron chi connectivity index (χ0n) is 26.9. The van der Waals surface area contributed by atoms with Crippen molar-refractivity contribution in [1.29, 1.82) is 0 Å². The molecule has 0 saturated carbocycles. The van der Waals surface area contributed by atoms with E-state index in [-0.39, 0.29) is 5.16 Å². The molecule has 0 amide bonds. The minimum absolute atomic E-state index is 0.309. The summed E-state index contributed by atoms with van der Waals surface area (Å²) in [4.78, 5) is 4.40. The zero-order chi connectivity index (χ0) is 32.2. The van der Waals surface area contributed by atoms with Gasteiger partial charge in [0.1, 0.15) is 9.52 Å². The molecule has 0 fully saturated rings. The van der Waals surface area contributed by atoms with Crippen molar-refractivity contribution >= 4 is 37.8 Å². The summed E-state index contributed by atoms with van der Waals surface area (Å²) < 4.78 is 2.27. The smallest absolute Gasteiger partial charge is 0.241 e. The predicted octanol–water partition coefficient (Wildman–Crippen LogP) is 6.82. The zero-order valence-corrected chi connectivity index (χ0v) is 27.9. The third-order valence-corrected chi connectivity index (χ3v) is 10.3. The molecule has 4 heteroatoms. The second-order valence-electron chi connectivity index (χ2n) is 11.7. The Bertz CT molecular complexity index is 1760. The topological polar surface area (TPSA) is 17.8 Å². The van der Waals surface area contributed by atoms with Crippen molar-refractivity contribution in [2.75, 3.05) is 0 Å². The van der Waals surface area contributed by atoms with Gasteiger partial charge in [-0.05, 0) is 23.1 Å². The van der Waals surface area contributed by atoms with E-state index in [1.807, 2.05) is 12.5 Å². The molecule has 0 saturated heterocycles. The Labute approximate surface area is 282 Å². The summed E-state index contributed by atoms with van der Waals surface area (Å²) in [6, 6.07) is 62.7. The molecule has 0 N–H and O–H groups in total. The van der Waals surface area contributed by atoms with E-state index in [1.165, 1.54) is 38.3 Å². The molecule has 1 aromatic heterocycles. The molecule has 0 spiro atoms. The number of nitrogens with zero attached hydrogens (tertiary/aromatic N) is 2. The predicted molar refractivity (Wildman–Crippen MR) is 201 cm³/mol. The van der Waals surface area contributed by atoms with Gasteiger partial charge in [0.05, 0.1) is 11.5 Å². The Balaban J connectivity index is 0.000000177. The lowest BCUT2D eigenvalue weighted by Gasteiger charge is -2.36. The molecule has 0 bridgehead atoms. The van der Waals surface area contributed by atoms with E-state index in [0.717, 1.165) is 12.8 Å². The maximum atomic E-state index is 4.40. The number of hydrogen-bond donors (Lipinski definition) is 0. The lowest BCUT2D eigenvalue weighted by molar-refractivity contribution is 0.596. The van der Waals surface area contributed by atoms with Crippen LogP contribution in [0.15, 0.2) is 195 Å². The van der Waals surface area contributed by atoms with Crippen LogP contribution in [-0.2, 0) is 11.6 Å². The van der Waals surface area contributed by atoms with Crippen LogP contribution in [-0.4, -0.2) is 25.8 Å². The fourth-order valence-electron chi connectivity index (χ4n) is 6.31. The number of aromatic nitrogens is 2. The molecule has 7 rings (SSSR count). The van der Waals surface area contributed by atoms with Crippen molar-refractivity contribution in [3.05, 3.63) is 211 Å². The summed E-state index contributed by atoms with van der Waals surface area (Å²) in [5, 5.41) is 1.05. The summed E-state index contributed by atoms with van der Waals surface area (Å²) in [5.74, 6) is 0. The van der Waals surface area contributed by atoms with Crippen molar-refractivity contribution in [1.82, 2.24) is 9.55 Å². The highest BCUT2D eigenvalue weighted by atomic mass is 28.2. The molecule has 7 aromatic rings. The first-order chi connectivity index (χ1) is 23.3. The minimum Gasteiger partial charge on any atom is -0.326 e. The Hall–Kier alpha value is -5.19. The van der Waals surface area contributed by atoms with Crippen LogP contribution in [0, 0.1) is 0 Å². The first-order valence-electron chi connectivity index (χ1n) is 16.4. The summed E-state index contributed by atoms with van der Waals surface area (Å²) in [5.41, 5.74) is 7.96. The molecule has 0 aliphatic carbocycles. The number of imidazole rings is 1. The normalized spacial score (nSPS) is 10.9. The minimum atomic E-state index is -0.316. The van der Waals surface area contributed by atoms with E-state index in [2.05, 4.69) is 199 Å². The number of hydrogen-bond acceptors (Lipinski definition) is 1. The van der Waals surface area contributed by atoms with E-state index < -0.39 is 0 Å². The largest absolute Gasteiger partial charge is 0.326 e. The van der Waals surface area contributed by atoms with Gasteiger partial charge in [-0.1, -0.05) is 211 Å². The number of rotatable bonds is 10. The van der Waals surface area contributed by atoms with E-state index in [4.69, 9.17) is 0 Å². The van der Waals surface area contributed by atoms with Gasteiger partial charge in [-0.15, -0.1) is 0 Å². The summed E-state index contributed by atoms with van der Waals surface area (Å²) >= 11 is 0. The van der Waals surface area contributed by atoms with Crippen molar-refractivity contribution in [2.24, 2.45) is 0 Å². The van der Waals surface area contributed by atoms with Gasteiger partial charge in [0.2, 0.25) is 6.71 Å². The molecule has 1 heterocycles. The molecule has 47 heavy (non-hydrogen) atoms. The molecule has 0 aliphatic heterocycles. The van der Waals surface area contributed by atoms with Crippen molar-refractivity contribution in [2.45, 2.75) is 24.9 Å². The van der Waals surface area contributed by atoms with Crippen molar-refractivity contribution in [3.8, 4) is 0 Å². The third kappa shape index (κ3) is 7.62. The quantitative estimate of drug-likeness (QED) is 0.153. The van der Waals surface area contributed by atoms with Crippen LogP contribution in [0.25, 0.3) is 0 Å². The van der Waals surface area contributed by atoms with Gasteiger partial charge in [0, 0.05) is 12.4 Å². The highest BCUT2D eigenvalue weighted by molar-refractivity contribution is 6.95. The van der Waals surface area contributed by atoms with Crippen molar-refractivity contribution < 1.29 is 0 Å². The van der Waals surface area contributed by atoms with E-state index in [0.29, 0.717) is 16.2 Å². The fourth-order valence-corrected chi connectivity index (χ4v) is 8.04. The summed E-state index contributed by atoms with van der Waals surface area (Å²) in [7, 11) is 0.539. The molecular formula is C43H39BN2Si. The van der Waals surface area contributed by atoms with Gasteiger partial charge in [-0.3, -0.25) is 0 Å². The maximum absolute atomic E-state index is 4.40. The lowest BCUT2D eigenvalue weighted by atomic mass is 9.37.